The standard InChI is InChI=1S/C13H10BrFN2O/c14-12-10(5-3-7-16-12)13(18)17-8-9-4-1-2-6-11(9)15/h1-7H,8H2,(H,17,18). The van der Waals surface area contributed by atoms with Crippen LogP contribution in [0.25, 0.3) is 0 Å². The summed E-state index contributed by atoms with van der Waals surface area (Å²) >= 11 is 3.19. The van der Waals surface area contributed by atoms with Crippen molar-refractivity contribution in [2.75, 3.05) is 0 Å². The van der Waals surface area contributed by atoms with Crippen LogP contribution in [0.4, 0.5) is 4.39 Å². The van der Waals surface area contributed by atoms with Gasteiger partial charge in [0.05, 0.1) is 5.56 Å². The monoisotopic (exact) mass is 308 g/mol. The van der Waals surface area contributed by atoms with Gasteiger partial charge in [0.25, 0.3) is 5.91 Å². The zero-order chi connectivity index (χ0) is 13.0. The Morgan fingerprint density at radius 1 is 1.28 bits per heavy atom. The molecule has 1 aromatic carbocycles. The van der Waals surface area contributed by atoms with E-state index >= 15 is 0 Å². The van der Waals surface area contributed by atoms with E-state index in [0.29, 0.717) is 15.7 Å². The summed E-state index contributed by atoms with van der Waals surface area (Å²) < 4.78 is 13.8. The number of nitrogens with one attached hydrogen (secondary N) is 1. The lowest BCUT2D eigenvalue weighted by atomic mass is 10.2. The van der Waals surface area contributed by atoms with Crippen LogP contribution < -0.4 is 5.32 Å². The SMILES string of the molecule is O=C(NCc1ccccc1F)c1cccnc1Br. The number of benzene rings is 1. The fourth-order valence-corrected chi connectivity index (χ4v) is 1.90. The molecule has 0 aliphatic carbocycles. The largest absolute Gasteiger partial charge is 0.348 e. The topological polar surface area (TPSA) is 42.0 Å². The lowest BCUT2D eigenvalue weighted by Crippen LogP contribution is -2.23. The molecule has 0 unspecified atom stereocenters. The summed E-state index contributed by atoms with van der Waals surface area (Å²) in [5.74, 6) is -0.624. The third kappa shape index (κ3) is 2.92. The molecule has 18 heavy (non-hydrogen) atoms. The van der Waals surface area contributed by atoms with Crippen LogP contribution in [0.3, 0.4) is 0 Å². The van der Waals surface area contributed by atoms with Crippen molar-refractivity contribution in [3.63, 3.8) is 0 Å². The van der Waals surface area contributed by atoms with Crippen molar-refractivity contribution in [1.29, 1.82) is 0 Å². The van der Waals surface area contributed by atoms with E-state index in [1.54, 1.807) is 36.5 Å². The predicted octanol–water partition coefficient (Wildman–Crippen LogP) is 2.91. The van der Waals surface area contributed by atoms with Gasteiger partial charge in [-0.25, -0.2) is 9.37 Å². The molecule has 0 radical (unpaired) electrons. The number of hydrogen-bond donors (Lipinski definition) is 1. The normalized spacial score (nSPS) is 10.1. The zero-order valence-electron chi connectivity index (χ0n) is 9.36. The first-order valence-electron chi connectivity index (χ1n) is 5.30. The first-order chi connectivity index (χ1) is 8.68. The quantitative estimate of drug-likeness (QED) is 0.886. The van der Waals surface area contributed by atoms with Gasteiger partial charge < -0.3 is 5.32 Å². The van der Waals surface area contributed by atoms with Gasteiger partial charge in [-0.2, -0.15) is 0 Å². The third-order valence-corrected chi connectivity index (χ3v) is 3.03. The van der Waals surface area contributed by atoms with Gasteiger partial charge in [0.15, 0.2) is 0 Å². The number of nitrogens with zero attached hydrogens (tertiary/aromatic N) is 1. The Kier molecular flexibility index (Phi) is 4.04. The summed E-state index contributed by atoms with van der Waals surface area (Å²) in [6.45, 7) is 0.146. The third-order valence-electron chi connectivity index (χ3n) is 2.40. The minimum Gasteiger partial charge on any atom is -0.348 e. The average Bonchev–Trinajstić information content (AvgIpc) is 2.38. The Bertz CT molecular complexity index is 574. The van der Waals surface area contributed by atoms with E-state index in [4.69, 9.17) is 0 Å². The molecule has 1 N–H and O–H groups in total. The Labute approximate surface area is 112 Å². The highest BCUT2D eigenvalue weighted by Crippen LogP contribution is 2.12. The number of pyridine rings is 1. The molecule has 0 saturated heterocycles. The fourth-order valence-electron chi connectivity index (χ4n) is 1.47. The van der Waals surface area contributed by atoms with Gasteiger partial charge in [-0.1, -0.05) is 18.2 Å². The second kappa shape index (κ2) is 5.73. The van der Waals surface area contributed by atoms with E-state index in [0.717, 1.165) is 0 Å². The van der Waals surface area contributed by atoms with Crippen LogP contribution in [-0.4, -0.2) is 10.9 Å². The maximum absolute atomic E-state index is 13.3. The van der Waals surface area contributed by atoms with Crippen molar-refractivity contribution in [2.24, 2.45) is 0 Å². The predicted molar refractivity (Wildman–Crippen MR) is 69.5 cm³/mol. The minimum atomic E-state index is -0.331. The average molecular weight is 309 g/mol. The van der Waals surface area contributed by atoms with Crippen molar-refractivity contribution in [3.8, 4) is 0 Å². The van der Waals surface area contributed by atoms with Crippen LogP contribution in [0.1, 0.15) is 15.9 Å². The maximum atomic E-state index is 13.3. The van der Waals surface area contributed by atoms with Crippen molar-refractivity contribution in [1.82, 2.24) is 10.3 Å². The minimum absolute atomic E-state index is 0.146. The molecule has 92 valence electrons. The van der Waals surface area contributed by atoms with Gasteiger partial charge in [-0.15, -0.1) is 0 Å². The van der Waals surface area contributed by atoms with Crippen molar-refractivity contribution in [2.45, 2.75) is 6.54 Å². The van der Waals surface area contributed by atoms with E-state index in [1.807, 2.05) is 0 Å². The lowest BCUT2D eigenvalue weighted by Gasteiger charge is -2.07. The number of hydrogen-bond acceptors (Lipinski definition) is 2. The van der Waals surface area contributed by atoms with Crippen molar-refractivity contribution in [3.05, 3.63) is 64.1 Å². The number of carbonyl (C=O) groups is 1. The molecule has 1 aromatic heterocycles. The number of halogens is 2. The summed E-state index contributed by atoms with van der Waals surface area (Å²) in [4.78, 5) is 15.8. The smallest absolute Gasteiger partial charge is 0.254 e. The maximum Gasteiger partial charge on any atom is 0.254 e. The van der Waals surface area contributed by atoms with E-state index in [2.05, 4.69) is 26.2 Å². The highest BCUT2D eigenvalue weighted by molar-refractivity contribution is 9.10. The molecule has 0 fully saturated rings. The Morgan fingerprint density at radius 3 is 2.78 bits per heavy atom. The first-order valence-corrected chi connectivity index (χ1v) is 6.10. The fraction of sp³-hybridized carbons (Fsp3) is 0.0769. The van der Waals surface area contributed by atoms with Gasteiger partial charge in [0.1, 0.15) is 10.4 Å². The van der Waals surface area contributed by atoms with Gasteiger partial charge >= 0.3 is 0 Å². The molecule has 3 nitrogen and oxygen atoms in total. The van der Waals surface area contributed by atoms with Gasteiger partial charge in [0.2, 0.25) is 0 Å². The molecular formula is C13H10BrFN2O. The Hall–Kier alpha value is -1.75. The molecular weight excluding hydrogens is 299 g/mol. The highest BCUT2D eigenvalue weighted by atomic mass is 79.9. The molecule has 0 bridgehead atoms. The number of aromatic nitrogens is 1. The van der Waals surface area contributed by atoms with Crippen molar-refractivity contribution >= 4 is 21.8 Å². The van der Waals surface area contributed by atoms with Crippen LogP contribution in [0, 0.1) is 5.82 Å². The summed E-state index contributed by atoms with van der Waals surface area (Å²) in [6.07, 6.45) is 1.58. The van der Waals surface area contributed by atoms with Crippen molar-refractivity contribution < 1.29 is 9.18 Å². The molecule has 0 saturated carbocycles. The molecule has 2 rings (SSSR count). The second-order valence-electron chi connectivity index (χ2n) is 3.62. The zero-order valence-corrected chi connectivity index (χ0v) is 10.9. The van der Waals surface area contributed by atoms with Crippen LogP contribution in [-0.2, 0) is 6.54 Å². The summed E-state index contributed by atoms with van der Waals surface area (Å²) in [7, 11) is 0. The Balaban J connectivity index is 2.06. The van der Waals surface area contributed by atoms with Crippen LogP contribution >= 0.6 is 15.9 Å². The second-order valence-corrected chi connectivity index (χ2v) is 4.37. The molecule has 0 spiro atoms. The number of amides is 1. The lowest BCUT2D eigenvalue weighted by molar-refractivity contribution is 0.0949. The van der Waals surface area contributed by atoms with E-state index in [-0.39, 0.29) is 18.3 Å². The molecule has 2 aromatic rings. The van der Waals surface area contributed by atoms with Gasteiger partial charge in [-0.3, -0.25) is 4.79 Å². The van der Waals surface area contributed by atoms with Gasteiger partial charge in [0, 0.05) is 18.3 Å². The number of rotatable bonds is 3. The summed E-state index contributed by atoms with van der Waals surface area (Å²) in [5.41, 5.74) is 0.875. The molecule has 0 atom stereocenters. The molecule has 5 heteroatoms. The van der Waals surface area contributed by atoms with E-state index in [9.17, 15) is 9.18 Å². The Morgan fingerprint density at radius 2 is 2.06 bits per heavy atom. The van der Waals surface area contributed by atoms with Crippen LogP contribution in [0.15, 0.2) is 47.2 Å². The molecule has 1 amide bonds. The highest BCUT2D eigenvalue weighted by Gasteiger charge is 2.10. The molecule has 0 aliphatic heterocycles. The number of carbonyl (C=O) groups excluding carboxylic acids is 1. The van der Waals surface area contributed by atoms with E-state index in [1.165, 1.54) is 6.07 Å². The van der Waals surface area contributed by atoms with Crippen LogP contribution in [0.5, 0.6) is 0 Å². The van der Waals surface area contributed by atoms with E-state index < -0.39 is 0 Å². The molecule has 0 aliphatic rings. The summed E-state index contributed by atoms with van der Waals surface area (Å²) in [6, 6.07) is 9.65. The molecule has 1 heterocycles. The first kappa shape index (κ1) is 12.7. The van der Waals surface area contributed by atoms with Crippen LogP contribution in [0.2, 0.25) is 0 Å². The van der Waals surface area contributed by atoms with Gasteiger partial charge in [-0.05, 0) is 34.1 Å². The summed E-state index contributed by atoms with van der Waals surface area (Å²) in [5, 5.41) is 2.65.